The van der Waals surface area contributed by atoms with E-state index < -0.39 is 9.05 Å². The van der Waals surface area contributed by atoms with Crippen LogP contribution in [0, 0.1) is 0 Å². The molecule has 0 fully saturated rings. The largest absolute Gasteiger partial charge is 4.00 e. The van der Waals surface area contributed by atoms with E-state index in [-0.39, 0.29) is 31.7 Å². The molecule has 0 saturated heterocycles. The van der Waals surface area contributed by atoms with Gasteiger partial charge in [0.1, 0.15) is 9.05 Å². The van der Waals surface area contributed by atoms with Gasteiger partial charge in [0, 0.05) is 0 Å². The third kappa shape index (κ3) is 205. The maximum Gasteiger partial charge on any atom is 4.00 e. The van der Waals surface area contributed by atoms with Crippen molar-refractivity contribution in [3.8, 4) is 0 Å². The van der Waals surface area contributed by atoms with Gasteiger partial charge in [-0.25, -0.2) is 0 Å². The molecule has 0 aliphatic rings. The maximum atomic E-state index is 8.80. The number of rotatable bonds is 0. The zero-order valence-electron chi connectivity index (χ0n) is 3.12. The molecule has 0 unspecified atom stereocenters. The molecule has 0 amide bonds. The molecule has 0 heterocycles. The Labute approximate surface area is 60.2 Å². The maximum absolute atomic E-state index is 8.80. The zero-order chi connectivity index (χ0) is 4.50. The molecule has 0 spiro atoms. The van der Waals surface area contributed by atoms with Crippen LogP contribution in [0.15, 0.2) is 0 Å². The molecule has 0 aliphatic carbocycles. The van der Waals surface area contributed by atoms with Crippen LogP contribution in [0.25, 0.3) is 0 Å². The van der Waals surface area contributed by atoms with Crippen molar-refractivity contribution in [1.29, 1.82) is 0 Å². The van der Waals surface area contributed by atoms with E-state index in [9.17, 15) is 0 Å². The van der Waals surface area contributed by atoms with Crippen LogP contribution in [0.5, 0.6) is 0 Å². The second-order valence-corrected chi connectivity index (χ2v) is 1.65. The van der Waals surface area contributed by atoms with E-state index in [4.69, 9.17) is 19.2 Å². The summed E-state index contributed by atoms with van der Waals surface area (Å²) in [5, 5.41) is 0. The third-order valence-electron chi connectivity index (χ3n) is 0. The minimum Gasteiger partial charge on any atom is -2.00 e. The zero-order valence-corrected chi connectivity index (χ0v) is 6.58. The van der Waals surface area contributed by atoms with Crippen LogP contribution in [-0.4, -0.2) is 18.6 Å². The fraction of sp³-hybridized carbons (Fsp3) is 0. The summed E-state index contributed by atoms with van der Waals surface area (Å²) in [6.07, 6.45) is 0. The topological polar surface area (TPSA) is 115 Å². The summed E-state index contributed by atoms with van der Waals surface area (Å²) >= 11 is 0. The Morgan fingerprint density at radius 2 is 1.14 bits per heavy atom. The van der Waals surface area contributed by atoms with Gasteiger partial charge in [-0.1, -0.05) is 0 Å². The Hall–Kier alpha value is 0.900. The van der Waals surface area contributed by atoms with Crippen molar-refractivity contribution >= 4 is 9.05 Å². The Morgan fingerprint density at radius 3 is 1.14 bits per heavy atom. The molecule has 0 rings (SSSR count). The third-order valence-corrected chi connectivity index (χ3v) is 0. The Kier molecular flexibility index (Phi) is 11.3. The summed E-state index contributed by atoms with van der Waals surface area (Å²) in [7, 11) is -5.11. The van der Waals surface area contributed by atoms with Crippen LogP contribution in [0.3, 0.4) is 0 Å². The monoisotopic (exact) mass is 200 g/mol. The van der Waals surface area contributed by atoms with Gasteiger partial charge in [0.2, 0.25) is 0 Å². The molecule has 0 saturated carbocycles. The van der Waals surface area contributed by atoms with Crippen molar-refractivity contribution in [1.82, 2.24) is 0 Å². The predicted octanol–water partition coefficient (Wildman–Crippen LogP) is -3.99. The molecule has 0 bridgehead atoms. The molecule has 0 radical (unpaired) electrons. The first-order valence-corrected chi connectivity index (χ1v) is 2.57. The van der Waals surface area contributed by atoms with E-state index in [1.54, 1.807) is 0 Å². The van der Waals surface area contributed by atoms with E-state index in [2.05, 4.69) is 0 Å². The summed E-state index contributed by atoms with van der Waals surface area (Å²) in [5.74, 6) is 0. The second-order valence-electron chi connectivity index (χ2n) is 0.548. The molecular formula is H2O5SiZr. The van der Waals surface area contributed by atoms with E-state index in [1.807, 2.05) is 0 Å². The van der Waals surface area contributed by atoms with Gasteiger partial charge in [0.25, 0.3) is 0 Å². The van der Waals surface area contributed by atoms with Gasteiger partial charge in [-0.3, -0.25) is 0 Å². The minimum absolute atomic E-state index is 0. The number of hydrogen-bond acceptors (Lipinski definition) is 4. The van der Waals surface area contributed by atoms with Gasteiger partial charge in [0.05, 0.1) is 0 Å². The van der Waals surface area contributed by atoms with Crippen molar-refractivity contribution in [2.75, 3.05) is 0 Å². The first-order valence-electron chi connectivity index (χ1n) is 0.855. The van der Waals surface area contributed by atoms with Crippen LogP contribution in [0.4, 0.5) is 0 Å². The fourth-order valence-corrected chi connectivity index (χ4v) is 0. The van der Waals surface area contributed by atoms with Crippen molar-refractivity contribution in [3.63, 3.8) is 0 Å². The molecule has 0 aromatic rings. The second kappa shape index (κ2) is 5.04. The molecule has 7 heteroatoms. The molecule has 5 nitrogen and oxygen atoms in total. The SMILES string of the molecule is [O-2].[O-][Si]([O-])(O)O.[Zr+4]. The van der Waals surface area contributed by atoms with Crippen molar-refractivity contribution in [2.24, 2.45) is 0 Å². The Balaban J connectivity index is -0.0000000800. The predicted molar refractivity (Wildman–Crippen MR) is 10.9 cm³/mol. The first-order chi connectivity index (χ1) is 2.00. The molecular weight excluding hydrogens is 199 g/mol. The van der Waals surface area contributed by atoms with Gasteiger partial charge in [-0.05, 0) is 0 Å². The average Bonchev–Trinajstić information content (AvgIpc) is 0.722. The van der Waals surface area contributed by atoms with Crippen LogP contribution in [0.1, 0.15) is 0 Å². The molecule has 0 atom stereocenters. The average molecular weight is 201 g/mol. The molecule has 0 aromatic heterocycles. The summed E-state index contributed by atoms with van der Waals surface area (Å²) in [5.41, 5.74) is 0. The van der Waals surface area contributed by atoms with Crippen molar-refractivity contribution in [3.05, 3.63) is 0 Å². The van der Waals surface area contributed by atoms with E-state index in [1.165, 1.54) is 0 Å². The van der Waals surface area contributed by atoms with Crippen LogP contribution >= 0.6 is 0 Å². The van der Waals surface area contributed by atoms with E-state index >= 15 is 0 Å². The smallest absolute Gasteiger partial charge is 2.00 e. The molecule has 40 valence electrons. The Morgan fingerprint density at radius 1 is 1.14 bits per heavy atom. The van der Waals surface area contributed by atoms with Crippen LogP contribution in [0.2, 0.25) is 0 Å². The van der Waals surface area contributed by atoms with E-state index in [0.717, 1.165) is 0 Å². The standard InChI is InChI=1S/H2O4Si.O.Zr/c1-5(2,3)4;;/h1-2H;;/q2*-2;+4. The van der Waals surface area contributed by atoms with Gasteiger partial charge in [-0.2, -0.15) is 0 Å². The summed E-state index contributed by atoms with van der Waals surface area (Å²) in [6.45, 7) is 0. The minimum atomic E-state index is -5.11. The van der Waals surface area contributed by atoms with E-state index in [0.29, 0.717) is 0 Å². The molecule has 7 heavy (non-hydrogen) atoms. The summed E-state index contributed by atoms with van der Waals surface area (Å²) in [6, 6.07) is 0. The van der Waals surface area contributed by atoms with Gasteiger partial charge in [0.15, 0.2) is 0 Å². The quantitative estimate of drug-likeness (QED) is 0.389. The number of hydrogen-bond donors (Lipinski definition) is 2. The van der Waals surface area contributed by atoms with Gasteiger partial charge >= 0.3 is 26.2 Å². The molecule has 0 aromatic carbocycles. The normalized spacial score (nSPS) is 8.57. The van der Waals surface area contributed by atoms with Crippen molar-refractivity contribution < 1.29 is 50.9 Å². The fourth-order valence-electron chi connectivity index (χ4n) is 0. The van der Waals surface area contributed by atoms with Crippen LogP contribution in [-0.2, 0) is 31.7 Å². The first kappa shape index (κ1) is 15.7. The molecule has 0 aliphatic heterocycles. The van der Waals surface area contributed by atoms with Gasteiger partial charge < -0.3 is 24.7 Å². The molecule has 2 N–H and O–H groups in total. The van der Waals surface area contributed by atoms with Crippen LogP contribution < -0.4 is 9.59 Å². The van der Waals surface area contributed by atoms with Crippen molar-refractivity contribution in [2.45, 2.75) is 0 Å². The summed E-state index contributed by atoms with van der Waals surface area (Å²) in [4.78, 5) is 31.8. The van der Waals surface area contributed by atoms with Gasteiger partial charge in [-0.15, -0.1) is 0 Å². The summed E-state index contributed by atoms with van der Waals surface area (Å²) < 4.78 is 0. The Bertz CT molecular complexity index is 23.6.